The van der Waals surface area contributed by atoms with Gasteiger partial charge in [0.15, 0.2) is 5.82 Å². The van der Waals surface area contributed by atoms with Crippen molar-refractivity contribution in [1.82, 2.24) is 9.78 Å². The first-order valence-corrected chi connectivity index (χ1v) is 6.13. The smallest absolute Gasteiger partial charge is 0.233 e. The molecule has 0 atom stereocenters. The third kappa shape index (κ3) is 3.59. The van der Waals surface area contributed by atoms with Crippen LogP contribution in [0.1, 0.15) is 13.3 Å². The molecule has 15 heavy (non-hydrogen) atoms. The predicted molar refractivity (Wildman–Crippen MR) is 55.5 cm³/mol. The maximum atomic E-state index is 11.3. The van der Waals surface area contributed by atoms with E-state index in [-0.39, 0.29) is 18.1 Å². The van der Waals surface area contributed by atoms with Gasteiger partial charge in [-0.1, -0.05) is 6.92 Å². The minimum atomic E-state index is -3.30. The zero-order valence-corrected chi connectivity index (χ0v) is 9.16. The van der Waals surface area contributed by atoms with Crippen LogP contribution in [-0.4, -0.2) is 24.0 Å². The molecule has 0 aromatic carbocycles. The summed E-state index contributed by atoms with van der Waals surface area (Å²) in [6.07, 6.45) is 2.10. The second-order valence-electron chi connectivity index (χ2n) is 2.98. The van der Waals surface area contributed by atoms with Crippen molar-refractivity contribution in [2.75, 3.05) is 10.5 Å². The van der Waals surface area contributed by atoms with Crippen LogP contribution in [0.3, 0.4) is 0 Å². The molecule has 0 aliphatic heterocycles. The van der Waals surface area contributed by atoms with Crippen molar-refractivity contribution in [2.24, 2.45) is 0 Å². The quantitative estimate of drug-likeness (QED) is 0.797. The molecule has 1 N–H and O–H groups in total. The van der Waals surface area contributed by atoms with Crippen LogP contribution in [0.15, 0.2) is 12.3 Å². The highest BCUT2D eigenvalue weighted by atomic mass is 32.2. The van der Waals surface area contributed by atoms with Crippen molar-refractivity contribution in [2.45, 2.75) is 19.9 Å². The standard InChI is InChI=1S/C8H12N4O2S/c1-2-7-15(13,14)11-8-3-5-12(10-8)6-4-9/h3,5H,2,6-7H2,1H3,(H,10,11). The summed E-state index contributed by atoms with van der Waals surface area (Å²) in [7, 11) is -3.30. The van der Waals surface area contributed by atoms with Gasteiger partial charge in [0.05, 0.1) is 11.8 Å². The molecule has 1 aromatic heterocycles. The van der Waals surface area contributed by atoms with Crippen LogP contribution in [0.5, 0.6) is 0 Å². The molecule has 0 radical (unpaired) electrons. The number of nitriles is 1. The Balaban J connectivity index is 2.69. The zero-order valence-electron chi connectivity index (χ0n) is 8.34. The van der Waals surface area contributed by atoms with Gasteiger partial charge in [-0.15, -0.1) is 0 Å². The molecule has 1 heterocycles. The summed E-state index contributed by atoms with van der Waals surface area (Å²) in [5, 5.41) is 12.3. The molecule has 0 spiro atoms. The Morgan fingerprint density at radius 2 is 2.40 bits per heavy atom. The van der Waals surface area contributed by atoms with Crippen molar-refractivity contribution in [1.29, 1.82) is 5.26 Å². The van der Waals surface area contributed by atoms with E-state index in [1.54, 1.807) is 13.1 Å². The van der Waals surface area contributed by atoms with E-state index in [2.05, 4.69) is 9.82 Å². The Bertz CT molecular complexity index is 457. The average molecular weight is 228 g/mol. The number of hydrogen-bond donors (Lipinski definition) is 1. The molecule has 0 unspecified atom stereocenters. The molecule has 82 valence electrons. The minimum absolute atomic E-state index is 0.0676. The number of nitrogens with zero attached hydrogens (tertiary/aromatic N) is 3. The van der Waals surface area contributed by atoms with Crippen LogP contribution in [0.2, 0.25) is 0 Å². The number of aromatic nitrogens is 2. The van der Waals surface area contributed by atoms with Gasteiger partial charge in [0.1, 0.15) is 6.54 Å². The molecule has 1 aromatic rings. The number of anilines is 1. The Kier molecular flexibility index (Phi) is 3.68. The second kappa shape index (κ2) is 4.79. The van der Waals surface area contributed by atoms with Gasteiger partial charge in [-0.25, -0.2) is 8.42 Å². The lowest BCUT2D eigenvalue weighted by atomic mass is 10.6. The Morgan fingerprint density at radius 1 is 1.67 bits per heavy atom. The summed E-state index contributed by atoms with van der Waals surface area (Å²) < 4.78 is 26.4. The lowest BCUT2D eigenvalue weighted by molar-refractivity contribution is 0.599. The first kappa shape index (κ1) is 11.5. The molecular weight excluding hydrogens is 216 g/mol. The van der Waals surface area contributed by atoms with Crippen molar-refractivity contribution >= 4 is 15.8 Å². The molecule has 0 aliphatic rings. The van der Waals surface area contributed by atoms with Gasteiger partial charge in [-0.3, -0.25) is 9.40 Å². The van der Waals surface area contributed by atoms with E-state index >= 15 is 0 Å². The van der Waals surface area contributed by atoms with Crippen molar-refractivity contribution in [3.63, 3.8) is 0 Å². The topological polar surface area (TPSA) is 87.8 Å². The Hall–Kier alpha value is -1.55. The van der Waals surface area contributed by atoms with Gasteiger partial charge in [-0.2, -0.15) is 10.4 Å². The van der Waals surface area contributed by atoms with Crippen molar-refractivity contribution in [3.05, 3.63) is 12.3 Å². The second-order valence-corrected chi connectivity index (χ2v) is 4.82. The lowest BCUT2D eigenvalue weighted by Gasteiger charge is -2.02. The van der Waals surface area contributed by atoms with E-state index in [4.69, 9.17) is 5.26 Å². The molecule has 1 rings (SSSR count). The van der Waals surface area contributed by atoms with Crippen LogP contribution in [0.25, 0.3) is 0 Å². The molecule has 0 fully saturated rings. The molecule has 0 saturated heterocycles. The number of sulfonamides is 1. The number of hydrogen-bond acceptors (Lipinski definition) is 4. The maximum Gasteiger partial charge on any atom is 0.233 e. The SMILES string of the molecule is CCCS(=O)(=O)Nc1ccn(CC#N)n1. The summed E-state index contributed by atoms with van der Waals surface area (Å²) in [6.45, 7) is 1.89. The van der Waals surface area contributed by atoms with Gasteiger partial charge in [0, 0.05) is 12.3 Å². The normalized spacial score (nSPS) is 10.9. The monoisotopic (exact) mass is 228 g/mol. The van der Waals surface area contributed by atoms with Crippen molar-refractivity contribution in [3.8, 4) is 6.07 Å². The Morgan fingerprint density at radius 3 is 3.00 bits per heavy atom. The summed E-state index contributed by atoms with van der Waals surface area (Å²) >= 11 is 0. The van der Waals surface area contributed by atoms with Gasteiger partial charge >= 0.3 is 0 Å². The molecule has 0 amide bonds. The van der Waals surface area contributed by atoms with Crippen LogP contribution in [-0.2, 0) is 16.6 Å². The predicted octanol–water partition coefficient (Wildman–Crippen LogP) is 0.558. The largest absolute Gasteiger partial charge is 0.266 e. The molecule has 0 aliphatic carbocycles. The van der Waals surface area contributed by atoms with Crippen LogP contribution >= 0.6 is 0 Å². The van der Waals surface area contributed by atoms with Crippen LogP contribution < -0.4 is 4.72 Å². The highest BCUT2D eigenvalue weighted by Crippen LogP contribution is 2.05. The van der Waals surface area contributed by atoms with E-state index in [9.17, 15) is 8.42 Å². The third-order valence-electron chi connectivity index (χ3n) is 1.61. The fourth-order valence-corrected chi connectivity index (χ4v) is 2.12. The zero-order chi connectivity index (χ0) is 11.3. The summed E-state index contributed by atoms with van der Waals surface area (Å²) in [4.78, 5) is 0. The molecule has 0 saturated carbocycles. The fraction of sp³-hybridized carbons (Fsp3) is 0.500. The summed E-state index contributed by atoms with van der Waals surface area (Å²) in [5.41, 5.74) is 0. The van der Waals surface area contributed by atoms with Gasteiger partial charge < -0.3 is 0 Å². The Labute approximate surface area is 88.6 Å². The summed E-state index contributed by atoms with van der Waals surface area (Å²) in [6, 6.07) is 3.43. The maximum absolute atomic E-state index is 11.3. The first-order chi connectivity index (χ1) is 7.07. The lowest BCUT2D eigenvalue weighted by Crippen LogP contribution is -2.16. The molecule has 0 bridgehead atoms. The highest BCUT2D eigenvalue weighted by Gasteiger charge is 2.10. The summed E-state index contributed by atoms with van der Waals surface area (Å²) in [5.74, 6) is 0.316. The van der Waals surface area contributed by atoms with Gasteiger partial charge in [0.2, 0.25) is 10.0 Å². The molecule has 6 nitrogen and oxygen atoms in total. The first-order valence-electron chi connectivity index (χ1n) is 4.48. The third-order valence-corrected chi connectivity index (χ3v) is 3.07. The van der Waals surface area contributed by atoms with Crippen LogP contribution in [0, 0.1) is 11.3 Å². The van der Waals surface area contributed by atoms with E-state index in [0.717, 1.165) is 0 Å². The molecule has 7 heteroatoms. The highest BCUT2D eigenvalue weighted by molar-refractivity contribution is 7.92. The van der Waals surface area contributed by atoms with E-state index in [1.165, 1.54) is 10.7 Å². The average Bonchev–Trinajstić information content (AvgIpc) is 2.52. The van der Waals surface area contributed by atoms with E-state index in [0.29, 0.717) is 6.42 Å². The van der Waals surface area contributed by atoms with Crippen molar-refractivity contribution < 1.29 is 8.42 Å². The van der Waals surface area contributed by atoms with Gasteiger partial charge in [0.25, 0.3) is 0 Å². The number of rotatable bonds is 5. The minimum Gasteiger partial charge on any atom is -0.266 e. The fourth-order valence-electron chi connectivity index (χ4n) is 1.06. The van der Waals surface area contributed by atoms with Gasteiger partial charge in [-0.05, 0) is 6.42 Å². The molecular formula is C8H12N4O2S. The number of nitrogens with one attached hydrogen (secondary N) is 1. The van der Waals surface area contributed by atoms with E-state index < -0.39 is 10.0 Å². The van der Waals surface area contributed by atoms with Crippen LogP contribution in [0.4, 0.5) is 5.82 Å². The van der Waals surface area contributed by atoms with E-state index in [1.807, 2.05) is 6.07 Å².